The molecule has 34 heavy (non-hydrogen) atoms. The maximum atomic E-state index is 12.9. The van der Waals surface area contributed by atoms with E-state index >= 15 is 0 Å². The highest BCUT2D eigenvalue weighted by molar-refractivity contribution is 7.92. The zero-order valence-electron chi connectivity index (χ0n) is 17.2. The number of benzene rings is 2. The predicted molar refractivity (Wildman–Crippen MR) is 122 cm³/mol. The van der Waals surface area contributed by atoms with Gasteiger partial charge in [-0.1, -0.05) is 11.6 Å². The van der Waals surface area contributed by atoms with Gasteiger partial charge in [0.15, 0.2) is 16.7 Å². The largest absolute Gasteiger partial charge is 0.486 e. The summed E-state index contributed by atoms with van der Waals surface area (Å²) >= 11 is 5.64. The molecule has 174 valence electrons. The molecular weight excluding hydrogens is 487 g/mol. The summed E-state index contributed by atoms with van der Waals surface area (Å²) < 4.78 is 51.1. The van der Waals surface area contributed by atoms with Gasteiger partial charge >= 0.3 is 0 Å². The minimum absolute atomic E-state index is 0.0128. The van der Waals surface area contributed by atoms with Gasteiger partial charge in [0.25, 0.3) is 15.9 Å². The van der Waals surface area contributed by atoms with Gasteiger partial charge in [0.1, 0.15) is 23.9 Å². The van der Waals surface area contributed by atoms with E-state index in [-0.39, 0.29) is 34.1 Å². The number of anilines is 2. The summed E-state index contributed by atoms with van der Waals surface area (Å²) in [5.74, 6) is 0.000178. The fraction of sp³-hybridized carbons (Fsp3) is 0.0455. The summed E-state index contributed by atoms with van der Waals surface area (Å²) in [7, 11) is -3.91. The van der Waals surface area contributed by atoms with Crippen molar-refractivity contribution in [2.75, 3.05) is 10.0 Å². The van der Waals surface area contributed by atoms with Crippen LogP contribution in [-0.2, 0) is 16.6 Å². The molecule has 0 spiro atoms. The van der Waals surface area contributed by atoms with Crippen LogP contribution in [0.2, 0.25) is 5.15 Å². The van der Waals surface area contributed by atoms with Gasteiger partial charge < -0.3 is 14.5 Å². The Balaban J connectivity index is 1.35. The van der Waals surface area contributed by atoms with E-state index in [4.69, 9.17) is 20.8 Å². The van der Waals surface area contributed by atoms with Crippen molar-refractivity contribution >= 4 is 39.0 Å². The average Bonchev–Trinajstić information content (AvgIpc) is 3.30. The minimum Gasteiger partial charge on any atom is -0.486 e. The lowest BCUT2D eigenvalue weighted by Crippen LogP contribution is -2.15. The molecule has 0 aliphatic carbocycles. The number of furan rings is 1. The molecule has 4 rings (SSSR count). The van der Waals surface area contributed by atoms with Crippen LogP contribution in [0, 0.1) is 5.82 Å². The van der Waals surface area contributed by atoms with Crippen LogP contribution in [0.1, 0.15) is 16.3 Å². The van der Waals surface area contributed by atoms with E-state index in [1.165, 1.54) is 66.7 Å². The van der Waals surface area contributed by atoms with Crippen LogP contribution in [0.3, 0.4) is 0 Å². The lowest BCUT2D eigenvalue weighted by molar-refractivity contribution is 0.0992. The van der Waals surface area contributed by atoms with E-state index in [1.807, 2.05) is 0 Å². The van der Waals surface area contributed by atoms with E-state index in [0.717, 1.165) is 0 Å². The molecule has 4 aromatic rings. The lowest BCUT2D eigenvalue weighted by atomic mass is 10.3. The highest BCUT2D eigenvalue weighted by Crippen LogP contribution is 2.19. The van der Waals surface area contributed by atoms with Crippen LogP contribution in [0.5, 0.6) is 5.75 Å². The first kappa shape index (κ1) is 23.2. The normalized spacial score (nSPS) is 11.1. The second-order valence-electron chi connectivity index (χ2n) is 6.83. The molecule has 0 aliphatic rings. The Bertz CT molecular complexity index is 1390. The van der Waals surface area contributed by atoms with Gasteiger partial charge in [0, 0.05) is 5.69 Å². The van der Waals surface area contributed by atoms with Crippen LogP contribution < -0.4 is 14.8 Å². The van der Waals surface area contributed by atoms with Crippen molar-refractivity contribution in [3.05, 3.63) is 95.3 Å². The van der Waals surface area contributed by atoms with Crippen molar-refractivity contribution in [3.8, 4) is 5.75 Å². The van der Waals surface area contributed by atoms with E-state index in [0.29, 0.717) is 17.2 Å². The third-order valence-corrected chi connectivity index (χ3v) is 5.95. The van der Waals surface area contributed by atoms with Crippen LogP contribution in [-0.4, -0.2) is 24.5 Å². The molecule has 0 bridgehead atoms. The van der Waals surface area contributed by atoms with Crippen molar-refractivity contribution < 1.29 is 26.8 Å². The molecule has 2 aromatic carbocycles. The highest BCUT2D eigenvalue weighted by atomic mass is 35.5. The first-order chi connectivity index (χ1) is 16.3. The monoisotopic (exact) mass is 502 g/mol. The quantitative estimate of drug-likeness (QED) is 0.363. The highest BCUT2D eigenvalue weighted by Gasteiger charge is 2.16. The summed E-state index contributed by atoms with van der Waals surface area (Å²) in [6.45, 7) is 0.0520. The summed E-state index contributed by atoms with van der Waals surface area (Å²) in [6, 6.07) is 16.9. The molecule has 0 unspecified atom stereocenters. The summed E-state index contributed by atoms with van der Waals surface area (Å²) in [5.41, 5.74) is 0.357. The Morgan fingerprint density at radius 3 is 2.38 bits per heavy atom. The maximum absolute atomic E-state index is 12.9. The molecule has 1 amide bonds. The summed E-state index contributed by atoms with van der Waals surface area (Å²) in [4.78, 5) is 12.4. The number of hydrogen-bond acceptors (Lipinski definition) is 7. The molecule has 0 fully saturated rings. The molecular formula is C22H16ClFN4O5S. The number of nitrogens with one attached hydrogen (secondary N) is 2. The van der Waals surface area contributed by atoms with Crippen LogP contribution in [0.25, 0.3) is 0 Å². The third-order valence-electron chi connectivity index (χ3n) is 4.37. The van der Waals surface area contributed by atoms with Crippen molar-refractivity contribution in [1.82, 2.24) is 10.2 Å². The van der Waals surface area contributed by atoms with Crippen molar-refractivity contribution in [2.24, 2.45) is 0 Å². The van der Waals surface area contributed by atoms with Crippen molar-refractivity contribution in [2.45, 2.75) is 11.5 Å². The Kier molecular flexibility index (Phi) is 6.75. The third kappa shape index (κ3) is 5.88. The number of rotatable bonds is 8. The van der Waals surface area contributed by atoms with E-state index in [2.05, 4.69) is 20.2 Å². The molecule has 2 aromatic heterocycles. The molecule has 9 nitrogen and oxygen atoms in total. The van der Waals surface area contributed by atoms with E-state index in [9.17, 15) is 17.6 Å². The van der Waals surface area contributed by atoms with Crippen LogP contribution in [0.15, 0.2) is 82.1 Å². The number of carbonyl (C=O) groups is 1. The molecule has 2 N–H and O–H groups in total. The molecule has 0 atom stereocenters. The number of hydrogen-bond donors (Lipinski definition) is 2. The average molecular weight is 503 g/mol. The van der Waals surface area contributed by atoms with E-state index < -0.39 is 15.9 Å². The van der Waals surface area contributed by atoms with E-state index in [1.54, 1.807) is 6.07 Å². The smallest absolute Gasteiger partial charge is 0.291 e. The summed E-state index contributed by atoms with van der Waals surface area (Å²) in [6.07, 6.45) is 0. The first-order valence-corrected chi connectivity index (χ1v) is 11.6. The topological polar surface area (TPSA) is 123 Å². The number of nitrogens with zero attached hydrogens (tertiary/aromatic N) is 2. The Labute approximate surface area is 198 Å². The molecule has 2 heterocycles. The van der Waals surface area contributed by atoms with Gasteiger partial charge in [-0.25, -0.2) is 12.8 Å². The zero-order chi connectivity index (χ0) is 24.1. The number of sulfonamides is 1. The Morgan fingerprint density at radius 2 is 1.71 bits per heavy atom. The second kappa shape index (κ2) is 9.89. The molecule has 0 saturated heterocycles. The van der Waals surface area contributed by atoms with Crippen molar-refractivity contribution in [1.29, 1.82) is 0 Å². The van der Waals surface area contributed by atoms with Gasteiger partial charge in [-0.05, 0) is 72.8 Å². The second-order valence-corrected chi connectivity index (χ2v) is 8.90. The maximum Gasteiger partial charge on any atom is 0.291 e. The number of ether oxygens (including phenoxy) is 1. The van der Waals surface area contributed by atoms with Crippen molar-refractivity contribution in [3.63, 3.8) is 0 Å². The number of amides is 1. The van der Waals surface area contributed by atoms with Gasteiger partial charge in [0.05, 0.1) is 4.90 Å². The number of aromatic nitrogens is 2. The standard InChI is InChI=1S/C22H16ClFN4O5S/c23-20-11-12-21(27-26-20)28-34(30,31)18-8-3-15(4-9-18)25-22(29)19-10-7-17(33-19)13-32-16-5-1-14(24)2-6-16/h1-12H,13H2,(H,25,29)(H,27,28). The lowest BCUT2D eigenvalue weighted by Gasteiger charge is -2.08. The first-order valence-electron chi connectivity index (χ1n) is 9.69. The SMILES string of the molecule is O=C(Nc1ccc(S(=O)(=O)Nc2ccc(Cl)nn2)cc1)c1ccc(COc2ccc(F)cc2)o1. The number of halogens is 2. The Hall–Kier alpha value is -3.96. The minimum atomic E-state index is -3.91. The van der Waals surface area contributed by atoms with Crippen LogP contribution in [0.4, 0.5) is 15.9 Å². The predicted octanol–water partition coefficient (Wildman–Crippen LogP) is 4.49. The fourth-order valence-electron chi connectivity index (χ4n) is 2.74. The van der Waals surface area contributed by atoms with Gasteiger partial charge in [-0.3, -0.25) is 9.52 Å². The van der Waals surface area contributed by atoms with Crippen LogP contribution >= 0.6 is 11.6 Å². The zero-order valence-corrected chi connectivity index (χ0v) is 18.8. The van der Waals surface area contributed by atoms with Gasteiger partial charge in [0.2, 0.25) is 0 Å². The number of carbonyl (C=O) groups excluding carboxylic acids is 1. The molecule has 0 aliphatic heterocycles. The Morgan fingerprint density at radius 1 is 0.971 bits per heavy atom. The fourth-order valence-corrected chi connectivity index (χ4v) is 3.84. The molecule has 0 saturated carbocycles. The van der Waals surface area contributed by atoms with Gasteiger partial charge in [-0.2, -0.15) is 0 Å². The molecule has 0 radical (unpaired) electrons. The summed E-state index contributed by atoms with van der Waals surface area (Å²) in [5, 5.41) is 9.98. The van der Waals surface area contributed by atoms with Gasteiger partial charge in [-0.15, -0.1) is 10.2 Å². The molecule has 12 heteroatoms.